The molecule has 0 aliphatic rings. The molecule has 116 valence electrons. The molecule has 1 amide bonds. The lowest BCUT2D eigenvalue weighted by Gasteiger charge is -2.15. The van der Waals surface area contributed by atoms with E-state index in [9.17, 15) is 4.79 Å². The maximum Gasteiger partial charge on any atom is 0.224 e. The van der Waals surface area contributed by atoms with E-state index >= 15 is 0 Å². The van der Waals surface area contributed by atoms with Crippen LogP contribution in [0.1, 0.15) is 24.1 Å². The fraction of sp³-hybridized carbons (Fsp3) is 0.150. The van der Waals surface area contributed by atoms with Crippen LogP contribution in [-0.2, 0) is 11.2 Å². The summed E-state index contributed by atoms with van der Waals surface area (Å²) in [5.41, 5.74) is 1.94. The maximum absolute atomic E-state index is 12.3. The third kappa shape index (κ3) is 3.72. The maximum atomic E-state index is 12.3. The number of carbonyl (C=O) groups excluding carboxylic acids is 1. The van der Waals surface area contributed by atoms with Crippen LogP contribution < -0.4 is 5.32 Å². The summed E-state index contributed by atoms with van der Waals surface area (Å²) in [6.45, 7) is 1.94. The van der Waals surface area contributed by atoms with Crippen LogP contribution in [0.5, 0.6) is 0 Å². The molecule has 0 saturated carbocycles. The van der Waals surface area contributed by atoms with Crippen molar-refractivity contribution in [2.45, 2.75) is 19.4 Å². The van der Waals surface area contributed by atoms with Gasteiger partial charge in [0.05, 0.1) is 12.5 Å². The smallest absolute Gasteiger partial charge is 0.224 e. The Hall–Kier alpha value is -2.32. The van der Waals surface area contributed by atoms with E-state index in [1.807, 2.05) is 49.4 Å². The van der Waals surface area contributed by atoms with Crippen LogP contribution in [0, 0.1) is 0 Å². The number of nitrogens with one attached hydrogen (secondary N) is 1. The Morgan fingerprint density at radius 1 is 1.00 bits per heavy atom. The van der Waals surface area contributed by atoms with Crippen LogP contribution in [-0.4, -0.2) is 5.91 Å². The summed E-state index contributed by atoms with van der Waals surface area (Å²) in [5, 5.41) is 6.01. The Kier molecular flexibility index (Phi) is 4.63. The van der Waals surface area contributed by atoms with Crippen molar-refractivity contribution in [3.63, 3.8) is 0 Å². The first-order valence-corrected chi connectivity index (χ1v) is 8.03. The van der Waals surface area contributed by atoms with Crippen LogP contribution in [0.3, 0.4) is 0 Å². The number of fused-ring (bicyclic) bond motifs is 1. The molecule has 23 heavy (non-hydrogen) atoms. The van der Waals surface area contributed by atoms with Gasteiger partial charge in [0.25, 0.3) is 0 Å². The van der Waals surface area contributed by atoms with Crippen LogP contribution in [0.2, 0.25) is 5.02 Å². The second-order valence-corrected chi connectivity index (χ2v) is 6.08. The van der Waals surface area contributed by atoms with Gasteiger partial charge >= 0.3 is 0 Å². The van der Waals surface area contributed by atoms with Gasteiger partial charge in [0.1, 0.15) is 0 Å². The highest BCUT2D eigenvalue weighted by atomic mass is 35.5. The van der Waals surface area contributed by atoms with Crippen molar-refractivity contribution in [1.29, 1.82) is 0 Å². The normalized spacial score (nSPS) is 12.1. The molecule has 0 aliphatic carbocycles. The molecule has 2 nitrogen and oxygen atoms in total. The number of carbonyl (C=O) groups is 1. The monoisotopic (exact) mass is 323 g/mol. The van der Waals surface area contributed by atoms with Crippen LogP contribution >= 0.6 is 11.6 Å². The molecule has 0 bridgehead atoms. The first-order valence-electron chi connectivity index (χ1n) is 7.65. The van der Waals surface area contributed by atoms with Crippen LogP contribution in [0.25, 0.3) is 10.8 Å². The van der Waals surface area contributed by atoms with E-state index in [0.717, 1.165) is 16.5 Å². The van der Waals surface area contributed by atoms with Gasteiger partial charge in [0, 0.05) is 5.02 Å². The number of benzene rings is 3. The highest BCUT2D eigenvalue weighted by molar-refractivity contribution is 6.31. The zero-order valence-corrected chi connectivity index (χ0v) is 13.7. The second-order valence-electron chi connectivity index (χ2n) is 5.67. The highest BCUT2D eigenvalue weighted by Gasteiger charge is 2.12. The van der Waals surface area contributed by atoms with Gasteiger partial charge in [-0.25, -0.2) is 0 Å². The summed E-state index contributed by atoms with van der Waals surface area (Å²) in [6.07, 6.45) is 0.361. The van der Waals surface area contributed by atoms with Crippen molar-refractivity contribution in [3.05, 3.63) is 82.9 Å². The Balaban J connectivity index is 1.69. The number of hydrogen-bond acceptors (Lipinski definition) is 1. The van der Waals surface area contributed by atoms with E-state index in [1.54, 1.807) is 0 Å². The van der Waals surface area contributed by atoms with Gasteiger partial charge in [-0.2, -0.15) is 0 Å². The summed E-state index contributed by atoms with van der Waals surface area (Å²) < 4.78 is 0. The van der Waals surface area contributed by atoms with Crippen molar-refractivity contribution in [1.82, 2.24) is 5.32 Å². The molecule has 0 radical (unpaired) electrons. The fourth-order valence-electron chi connectivity index (χ4n) is 2.73. The van der Waals surface area contributed by atoms with Gasteiger partial charge in [-0.05, 0) is 34.9 Å². The Morgan fingerprint density at radius 2 is 1.70 bits per heavy atom. The van der Waals surface area contributed by atoms with E-state index in [-0.39, 0.29) is 11.9 Å². The summed E-state index contributed by atoms with van der Waals surface area (Å²) >= 11 is 6.18. The lowest BCUT2D eigenvalue weighted by Crippen LogP contribution is -2.28. The quantitative estimate of drug-likeness (QED) is 0.726. The zero-order chi connectivity index (χ0) is 16.2. The van der Waals surface area contributed by atoms with Crippen molar-refractivity contribution >= 4 is 28.3 Å². The van der Waals surface area contributed by atoms with Crippen molar-refractivity contribution < 1.29 is 4.79 Å². The minimum Gasteiger partial charge on any atom is -0.349 e. The van der Waals surface area contributed by atoms with Crippen molar-refractivity contribution in [2.24, 2.45) is 0 Å². The largest absolute Gasteiger partial charge is 0.349 e. The molecule has 0 aromatic heterocycles. The molecule has 0 fully saturated rings. The van der Waals surface area contributed by atoms with Crippen molar-refractivity contribution in [2.75, 3.05) is 0 Å². The third-order valence-corrected chi connectivity index (χ3v) is 4.27. The molecule has 0 spiro atoms. The highest BCUT2D eigenvalue weighted by Crippen LogP contribution is 2.22. The topological polar surface area (TPSA) is 29.1 Å². The van der Waals surface area contributed by atoms with E-state index < -0.39 is 0 Å². The summed E-state index contributed by atoms with van der Waals surface area (Å²) in [6, 6.07) is 21.7. The van der Waals surface area contributed by atoms with Gasteiger partial charge < -0.3 is 5.32 Å². The summed E-state index contributed by atoms with van der Waals surface area (Å²) in [7, 11) is 0. The average Bonchev–Trinajstić information content (AvgIpc) is 2.55. The standard InChI is InChI=1S/C20H18ClNO/c1-14(18-8-4-5-9-19(18)21)22-20(23)13-15-10-11-16-6-2-3-7-17(16)12-15/h2-12,14H,13H2,1H3,(H,22,23). The van der Waals surface area contributed by atoms with E-state index in [0.29, 0.717) is 11.4 Å². The lowest BCUT2D eigenvalue weighted by atomic mass is 10.0. The lowest BCUT2D eigenvalue weighted by molar-refractivity contribution is -0.121. The van der Waals surface area contributed by atoms with Gasteiger partial charge in [-0.1, -0.05) is 72.3 Å². The van der Waals surface area contributed by atoms with Crippen molar-refractivity contribution in [3.8, 4) is 0 Å². The molecule has 0 saturated heterocycles. The Morgan fingerprint density at radius 3 is 2.48 bits per heavy atom. The number of rotatable bonds is 4. The molecule has 1 atom stereocenters. The molecule has 3 aromatic rings. The molecular formula is C20H18ClNO. The first kappa shape index (κ1) is 15.6. The minimum absolute atomic E-state index is 0.00676. The van der Waals surface area contributed by atoms with Crippen LogP contribution in [0.15, 0.2) is 66.7 Å². The van der Waals surface area contributed by atoms with E-state index in [4.69, 9.17) is 11.6 Å². The molecule has 0 heterocycles. The molecule has 0 aliphatic heterocycles. The second kappa shape index (κ2) is 6.84. The average molecular weight is 324 g/mol. The summed E-state index contributed by atoms with van der Waals surface area (Å²) in [4.78, 5) is 12.3. The molecule has 1 unspecified atom stereocenters. The summed E-state index contributed by atoms with van der Waals surface area (Å²) in [5.74, 6) is -0.00676. The SMILES string of the molecule is CC(NC(=O)Cc1ccc2ccccc2c1)c1ccccc1Cl. The minimum atomic E-state index is -0.114. The van der Waals surface area contributed by atoms with Gasteiger partial charge in [-0.15, -0.1) is 0 Å². The predicted molar refractivity (Wildman–Crippen MR) is 95.7 cm³/mol. The van der Waals surface area contributed by atoms with Crippen LogP contribution in [0.4, 0.5) is 0 Å². The molecule has 3 aromatic carbocycles. The van der Waals surface area contributed by atoms with Gasteiger partial charge in [0.15, 0.2) is 0 Å². The van der Waals surface area contributed by atoms with Gasteiger partial charge in [0.2, 0.25) is 5.91 Å². The number of amides is 1. The first-order chi connectivity index (χ1) is 11.1. The fourth-order valence-corrected chi connectivity index (χ4v) is 3.03. The Labute approximate surface area is 141 Å². The molecule has 1 N–H and O–H groups in total. The number of hydrogen-bond donors (Lipinski definition) is 1. The zero-order valence-electron chi connectivity index (χ0n) is 12.9. The third-order valence-electron chi connectivity index (χ3n) is 3.93. The van der Waals surface area contributed by atoms with Gasteiger partial charge in [-0.3, -0.25) is 4.79 Å². The molecule has 3 heteroatoms. The predicted octanol–water partition coefficient (Wildman–Crippen LogP) is 4.91. The Bertz CT molecular complexity index is 844. The molecular weight excluding hydrogens is 306 g/mol. The number of halogens is 1. The van der Waals surface area contributed by atoms with E-state index in [2.05, 4.69) is 29.6 Å². The van der Waals surface area contributed by atoms with E-state index in [1.165, 1.54) is 5.39 Å². The molecule has 3 rings (SSSR count).